The number of β-lactam (4-membered cyclic amide) rings is 1. The van der Waals surface area contributed by atoms with Crippen LogP contribution in [0.25, 0.3) is 0 Å². The van der Waals surface area contributed by atoms with Crippen LogP contribution >= 0.6 is 0 Å². The van der Waals surface area contributed by atoms with Gasteiger partial charge in [-0.3, -0.25) is 14.9 Å². The molecule has 1 amide bonds. The third kappa shape index (κ3) is 4.77. The number of hydrogen-bond acceptors (Lipinski definition) is 7. The molecule has 2 N–H and O–H groups in total. The van der Waals surface area contributed by atoms with Crippen molar-refractivity contribution in [1.29, 1.82) is 0 Å². The minimum Gasteiger partial charge on any atom is -0.430 e. The molecule has 0 saturated carbocycles. The lowest BCUT2D eigenvalue weighted by Gasteiger charge is -2.31. The minimum absolute atomic E-state index is 0.0511. The number of nitrogens with zero attached hydrogens (tertiary/aromatic N) is 1. The molecule has 0 aliphatic carbocycles. The highest BCUT2D eigenvalue weighted by Crippen LogP contribution is 2.21. The van der Waals surface area contributed by atoms with Crippen molar-refractivity contribution in [3.05, 3.63) is 51.1 Å². The number of ether oxygens (including phenoxy) is 2. The van der Waals surface area contributed by atoms with E-state index in [9.17, 15) is 19.7 Å². The number of aliphatic hydroxyl groups is 1. The van der Waals surface area contributed by atoms with E-state index in [1.807, 2.05) is 0 Å². The highest BCUT2D eigenvalue weighted by Gasteiger charge is 2.33. The van der Waals surface area contributed by atoms with E-state index < -0.39 is 11.1 Å². The quantitative estimate of drug-likeness (QED) is 0.250. The summed E-state index contributed by atoms with van der Waals surface area (Å²) >= 11 is 0. The maximum Gasteiger partial charge on any atom is 0.508 e. The number of carbonyl (C=O) groups excluding carboxylic acids is 2. The topological polar surface area (TPSA) is 128 Å². The molecule has 9 nitrogen and oxygen atoms in total. The summed E-state index contributed by atoms with van der Waals surface area (Å²) in [6.07, 6.45) is -0.500. The molecule has 1 aromatic rings. The van der Waals surface area contributed by atoms with Gasteiger partial charge in [-0.25, -0.2) is 4.79 Å². The van der Waals surface area contributed by atoms with Crippen LogP contribution in [0.2, 0.25) is 0 Å². The fraction of sp³-hybridized carbons (Fsp3) is 0.375. The van der Waals surface area contributed by atoms with Gasteiger partial charge < -0.3 is 19.9 Å². The van der Waals surface area contributed by atoms with Gasteiger partial charge in [-0.1, -0.05) is 0 Å². The van der Waals surface area contributed by atoms with E-state index in [0.717, 1.165) is 0 Å². The van der Waals surface area contributed by atoms with Gasteiger partial charge in [0.1, 0.15) is 13.2 Å². The van der Waals surface area contributed by atoms with Crippen molar-refractivity contribution < 1.29 is 29.1 Å². The monoisotopic (exact) mass is 350 g/mol. The highest BCUT2D eigenvalue weighted by atomic mass is 16.7. The molecule has 1 aliphatic rings. The first-order chi connectivity index (χ1) is 11.9. The van der Waals surface area contributed by atoms with Gasteiger partial charge in [-0.15, -0.1) is 0 Å². The van der Waals surface area contributed by atoms with Gasteiger partial charge in [0.25, 0.3) is 5.69 Å². The van der Waals surface area contributed by atoms with Gasteiger partial charge in [-0.05, 0) is 36.6 Å². The Balaban J connectivity index is 1.80. The first-order valence-electron chi connectivity index (χ1n) is 7.56. The van der Waals surface area contributed by atoms with Crippen molar-refractivity contribution >= 4 is 17.7 Å². The zero-order chi connectivity index (χ0) is 18.4. The van der Waals surface area contributed by atoms with Crippen LogP contribution in [0.5, 0.6) is 0 Å². The standard InChI is InChI=1S/C16H18N2O7/c1-10(14-13(6-7-19)17-15(14)20)8-24-16(21)25-9-11-2-4-12(5-3-11)18(22)23/h2-5,13,19H,6-9H2,1H3,(H,17,20)/t13-/m1/s1. The molecule has 1 aromatic carbocycles. The first kappa shape index (κ1) is 18.4. The molecule has 0 unspecified atom stereocenters. The Morgan fingerprint density at radius 2 is 2.00 bits per heavy atom. The summed E-state index contributed by atoms with van der Waals surface area (Å²) in [5.41, 5.74) is 1.63. The number of nitro benzene ring substituents is 1. The van der Waals surface area contributed by atoms with Crippen LogP contribution in [0.15, 0.2) is 35.4 Å². The second kappa shape index (κ2) is 8.25. The van der Waals surface area contributed by atoms with E-state index in [1.165, 1.54) is 24.3 Å². The van der Waals surface area contributed by atoms with E-state index in [4.69, 9.17) is 14.6 Å². The zero-order valence-corrected chi connectivity index (χ0v) is 13.6. The molecule has 1 heterocycles. The summed E-state index contributed by atoms with van der Waals surface area (Å²) in [6.45, 7) is 1.44. The summed E-state index contributed by atoms with van der Waals surface area (Å²) in [5, 5.41) is 22.1. The molecule has 1 fully saturated rings. The van der Waals surface area contributed by atoms with Gasteiger partial charge in [0.2, 0.25) is 5.91 Å². The Labute approximate surface area is 143 Å². The van der Waals surface area contributed by atoms with E-state index in [-0.39, 0.29) is 37.5 Å². The minimum atomic E-state index is -0.906. The number of aliphatic hydroxyl groups excluding tert-OH is 1. The van der Waals surface area contributed by atoms with Crippen molar-refractivity contribution in [2.24, 2.45) is 0 Å². The molecule has 1 atom stereocenters. The number of nitro groups is 1. The van der Waals surface area contributed by atoms with Crippen LogP contribution in [0.4, 0.5) is 10.5 Å². The molecule has 0 radical (unpaired) electrons. The molecule has 1 saturated heterocycles. The third-order valence-corrected chi connectivity index (χ3v) is 3.69. The van der Waals surface area contributed by atoms with E-state index in [0.29, 0.717) is 23.1 Å². The van der Waals surface area contributed by atoms with Gasteiger partial charge in [0, 0.05) is 24.3 Å². The van der Waals surface area contributed by atoms with Crippen LogP contribution < -0.4 is 5.32 Å². The van der Waals surface area contributed by atoms with Gasteiger partial charge in [0.15, 0.2) is 0 Å². The summed E-state index contributed by atoms with van der Waals surface area (Å²) in [6, 6.07) is 5.37. The smallest absolute Gasteiger partial charge is 0.430 e. The van der Waals surface area contributed by atoms with E-state index >= 15 is 0 Å². The molecule has 0 spiro atoms. The van der Waals surface area contributed by atoms with Crippen molar-refractivity contribution in [1.82, 2.24) is 5.32 Å². The highest BCUT2D eigenvalue weighted by molar-refractivity contribution is 6.02. The summed E-state index contributed by atoms with van der Waals surface area (Å²) in [5.74, 6) is -0.237. The van der Waals surface area contributed by atoms with Crippen LogP contribution in [0.1, 0.15) is 18.9 Å². The van der Waals surface area contributed by atoms with Crippen molar-refractivity contribution in [3.8, 4) is 0 Å². The fourth-order valence-corrected chi connectivity index (χ4v) is 2.37. The van der Waals surface area contributed by atoms with Crippen LogP contribution in [0.3, 0.4) is 0 Å². The summed E-state index contributed by atoms with van der Waals surface area (Å²) < 4.78 is 9.87. The Bertz CT molecular complexity index is 697. The third-order valence-electron chi connectivity index (χ3n) is 3.69. The number of carbonyl (C=O) groups is 2. The number of benzene rings is 1. The van der Waals surface area contributed by atoms with Gasteiger partial charge in [0.05, 0.1) is 11.0 Å². The fourth-order valence-electron chi connectivity index (χ4n) is 2.37. The Morgan fingerprint density at radius 3 is 2.56 bits per heavy atom. The second-order valence-corrected chi connectivity index (χ2v) is 5.48. The molecular weight excluding hydrogens is 332 g/mol. The number of rotatable bonds is 7. The molecular formula is C16H18N2O7. The zero-order valence-electron chi connectivity index (χ0n) is 13.6. The summed E-state index contributed by atoms with van der Waals surface area (Å²) in [4.78, 5) is 33.2. The lowest BCUT2D eigenvalue weighted by atomic mass is 9.91. The van der Waals surface area contributed by atoms with Crippen molar-refractivity contribution in [3.63, 3.8) is 0 Å². The van der Waals surface area contributed by atoms with Gasteiger partial charge in [-0.2, -0.15) is 0 Å². The molecule has 2 rings (SSSR count). The average molecular weight is 350 g/mol. The number of amides is 1. The SMILES string of the molecule is CC(COC(=O)OCc1ccc([N+](=O)[O-])cc1)=C1C(=O)N[C@@H]1CCO. The molecule has 134 valence electrons. The van der Waals surface area contributed by atoms with Crippen LogP contribution in [-0.4, -0.2) is 41.3 Å². The number of hydrogen-bond donors (Lipinski definition) is 2. The van der Waals surface area contributed by atoms with Crippen LogP contribution in [-0.2, 0) is 20.9 Å². The molecule has 1 aliphatic heterocycles. The van der Waals surface area contributed by atoms with E-state index in [2.05, 4.69) is 5.32 Å². The van der Waals surface area contributed by atoms with Crippen LogP contribution in [0, 0.1) is 10.1 Å². The molecule has 0 aromatic heterocycles. The Kier molecular flexibility index (Phi) is 6.07. The lowest BCUT2D eigenvalue weighted by Crippen LogP contribution is -2.52. The lowest BCUT2D eigenvalue weighted by molar-refractivity contribution is -0.384. The normalized spacial score (nSPS) is 18.0. The molecule has 9 heteroatoms. The predicted octanol–water partition coefficient (Wildman–Crippen LogP) is 1.45. The first-order valence-corrected chi connectivity index (χ1v) is 7.56. The Morgan fingerprint density at radius 1 is 1.32 bits per heavy atom. The van der Waals surface area contributed by atoms with Crippen molar-refractivity contribution in [2.75, 3.05) is 13.2 Å². The van der Waals surface area contributed by atoms with Crippen molar-refractivity contribution in [2.45, 2.75) is 26.0 Å². The number of nitrogens with one attached hydrogen (secondary N) is 1. The number of non-ortho nitro benzene ring substituents is 1. The largest absolute Gasteiger partial charge is 0.508 e. The maximum atomic E-state index is 11.6. The predicted molar refractivity (Wildman–Crippen MR) is 85.6 cm³/mol. The Hall–Kier alpha value is -2.94. The molecule has 0 bridgehead atoms. The maximum absolute atomic E-state index is 11.6. The van der Waals surface area contributed by atoms with E-state index in [1.54, 1.807) is 6.92 Å². The van der Waals surface area contributed by atoms with Gasteiger partial charge >= 0.3 is 6.16 Å². The average Bonchev–Trinajstić information content (AvgIpc) is 2.58. The summed E-state index contributed by atoms with van der Waals surface area (Å²) in [7, 11) is 0. The molecule has 25 heavy (non-hydrogen) atoms. The second-order valence-electron chi connectivity index (χ2n) is 5.48.